The van der Waals surface area contributed by atoms with Crippen LogP contribution in [0.4, 0.5) is 5.82 Å². The fraction of sp³-hybridized carbons (Fsp3) is 0.286. The van der Waals surface area contributed by atoms with Crippen LogP contribution in [0.2, 0.25) is 0 Å². The highest BCUT2D eigenvalue weighted by Crippen LogP contribution is 2.29. The summed E-state index contributed by atoms with van der Waals surface area (Å²) in [7, 11) is 3.26. The number of rotatable bonds is 3. The fourth-order valence-electron chi connectivity index (χ4n) is 2.00. The molecular formula is C14H17N3O2. The number of anilines is 1. The van der Waals surface area contributed by atoms with Crippen LogP contribution in [0.1, 0.15) is 27.0 Å². The molecule has 2 aromatic rings. The lowest BCUT2D eigenvalue weighted by Gasteiger charge is -2.12. The summed E-state index contributed by atoms with van der Waals surface area (Å²) in [6, 6.07) is 3.66. The number of methoxy groups -OCH3 is 1. The lowest BCUT2D eigenvalue weighted by molar-refractivity contribution is 0.103. The van der Waals surface area contributed by atoms with Gasteiger partial charge in [-0.2, -0.15) is 5.10 Å². The summed E-state index contributed by atoms with van der Waals surface area (Å²) in [4.78, 5) is 12.5. The normalized spacial score (nSPS) is 10.5. The molecule has 0 radical (unpaired) electrons. The summed E-state index contributed by atoms with van der Waals surface area (Å²) in [6.07, 6.45) is 1.48. The van der Waals surface area contributed by atoms with Crippen molar-refractivity contribution in [3.05, 3.63) is 40.6 Å². The number of nitrogens with zero attached hydrogens (tertiary/aromatic N) is 2. The first-order chi connectivity index (χ1) is 8.97. The average molecular weight is 259 g/mol. The van der Waals surface area contributed by atoms with Gasteiger partial charge in [0.1, 0.15) is 11.6 Å². The molecule has 0 aliphatic carbocycles. The van der Waals surface area contributed by atoms with Crippen molar-refractivity contribution in [3.63, 3.8) is 0 Å². The number of ketones is 1. The van der Waals surface area contributed by atoms with E-state index >= 15 is 0 Å². The minimum atomic E-state index is -0.175. The Kier molecular flexibility index (Phi) is 3.29. The van der Waals surface area contributed by atoms with Crippen LogP contribution >= 0.6 is 0 Å². The average Bonchev–Trinajstić information content (AvgIpc) is 2.72. The standard InChI is InChI=1S/C14H17N3O2/c1-8-5-6-10(13(19-4)9(8)2)12(18)11-7-16-17(3)14(11)15/h5-7H,15H2,1-4H3. The fourth-order valence-corrected chi connectivity index (χ4v) is 2.00. The van der Waals surface area contributed by atoms with Gasteiger partial charge in [0.25, 0.3) is 0 Å². The van der Waals surface area contributed by atoms with Gasteiger partial charge in [0.15, 0.2) is 0 Å². The van der Waals surface area contributed by atoms with Crippen molar-refractivity contribution in [2.75, 3.05) is 12.8 Å². The summed E-state index contributed by atoms with van der Waals surface area (Å²) in [5.41, 5.74) is 8.77. The molecule has 1 aromatic carbocycles. The van der Waals surface area contributed by atoms with Crippen LogP contribution in [-0.4, -0.2) is 22.7 Å². The molecule has 0 bridgehead atoms. The molecule has 0 aliphatic heterocycles. The molecule has 5 heteroatoms. The molecule has 19 heavy (non-hydrogen) atoms. The van der Waals surface area contributed by atoms with E-state index in [4.69, 9.17) is 10.5 Å². The minimum absolute atomic E-state index is 0.175. The van der Waals surface area contributed by atoms with E-state index in [1.807, 2.05) is 19.9 Å². The number of benzene rings is 1. The van der Waals surface area contributed by atoms with E-state index in [1.54, 1.807) is 20.2 Å². The number of ether oxygens (including phenoxy) is 1. The number of hydrogen-bond donors (Lipinski definition) is 1. The Bertz CT molecular complexity index is 644. The molecule has 0 aliphatic rings. The van der Waals surface area contributed by atoms with Gasteiger partial charge in [-0.15, -0.1) is 0 Å². The zero-order valence-electron chi connectivity index (χ0n) is 11.5. The van der Waals surface area contributed by atoms with Crippen LogP contribution in [0, 0.1) is 13.8 Å². The third-order valence-corrected chi connectivity index (χ3v) is 3.35. The Morgan fingerprint density at radius 1 is 1.32 bits per heavy atom. The zero-order valence-corrected chi connectivity index (χ0v) is 11.5. The van der Waals surface area contributed by atoms with E-state index in [0.717, 1.165) is 11.1 Å². The predicted molar refractivity (Wildman–Crippen MR) is 73.5 cm³/mol. The van der Waals surface area contributed by atoms with Crippen molar-refractivity contribution in [1.29, 1.82) is 0 Å². The highest BCUT2D eigenvalue weighted by Gasteiger charge is 2.21. The van der Waals surface area contributed by atoms with Crippen molar-refractivity contribution in [3.8, 4) is 5.75 Å². The van der Waals surface area contributed by atoms with Crippen LogP contribution in [-0.2, 0) is 7.05 Å². The largest absolute Gasteiger partial charge is 0.496 e. The second-order valence-electron chi connectivity index (χ2n) is 4.48. The van der Waals surface area contributed by atoms with Crippen molar-refractivity contribution >= 4 is 11.6 Å². The molecule has 0 spiro atoms. The van der Waals surface area contributed by atoms with Crippen LogP contribution < -0.4 is 10.5 Å². The maximum absolute atomic E-state index is 12.5. The molecule has 0 saturated heterocycles. The van der Waals surface area contributed by atoms with Gasteiger partial charge in [-0.3, -0.25) is 9.48 Å². The predicted octanol–water partition coefficient (Wildman–Crippen LogP) is 1.86. The van der Waals surface area contributed by atoms with E-state index in [-0.39, 0.29) is 5.78 Å². The highest BCUT2D eigenvalue weighted by molar-refractivity contribution is 6.13. The third kappa shape index (κ3) is 2.07. The maximum atomic E-state index is 12.5. The van der Waals surface area contributed by atoms with E-state index in [1.165, 1.54) is 10.9 Å². The quantitative estimate of drug-likeness (QED) is 0.854. The number of hydrogen-bond acceptors (Lipinski definition) is 4. The van der Waals surface area contributed by atoms with Crippen LogP contribution in [0.25, 0.3) is 0 Å². The second kappa shape index (κ2) is 4.76. The van der Waals surface area contributed by atoms with E-state index in [9.17, 15) is 4.79 Å². The number of nitrogens with two attached hydrogens (primary N) is 1. The molecule has 1 heterocycles. The first-order valence-corrected chi connectivity index (χ1v) is 5.93. The van der Waals surface area contributed by atoms with Crippen LogP contribution in [0.3, 0.4) is 0 Å². The Hall–Kier alpha value is -2.30. The molecule has 5 nitrogen and oxygen atoms in total. The first-order valence-electron chi connectivity index (χ1n) is 5.93. The summed E-state index contributed by atoms with van der Waals surface area (Å²) < 4.78 is 6.83. The second-order valence-corrected chi connectivity index (χ2v) is 4.48. The smallest absolute Gasteiger partial charge is 0.202 e. The molecule has 0 saturated carbocycles. The first kappa shape index (κ1) is 13.1. The Balaban J connectivity index is 2.56. The highest BCUT2D eigenvalue weighted by atomic mass is 16.5. The Morgan fingerprint density at radius 3 is 2.53 bits per heavy atom. The van der Waals surface area contributed by atoms with Gasteiger partial charge in [-0.1, -0.05) is 6.07 Å². The van der Waals surface area contributed by atoms with Crippen molar-refractivity contribution in [1.82, 2.24) is 9.78 Å². The van der Waals surface area contributed by atoms with Gasteiger partial charge in [0, 0.05) is 7.05 Å². The molecule has 0 amide bonds. The molecule has 100 valence electrons. The Labute approximate surface area is 112 Å². The van der Waals surface area contributed by atoms with Crippen molar-refractivity contribution < 1.29 is 9.53 Å². The number of nitrogen functional groups attached to an aromatic ring is 1. The number of aromatic nitrogens is 2. The third-order valence-electron chi connectivity index (χ3n) is 3.35. The lowest BCUT2D eigenvalue weighted by atomic mass is 9.99. The number of carbonyl (C=O) groups is 1. The molecule has 0 atom stereocenters. The Morgan fingerprint density at radius 2 is 2.00 bits per heavy atom. The topological polar surface area (TPSA) is 70.1 Å². The summed E-state index contributed by atoms with van der Waals surface area (Å²) in [5.74, 6) is 0.768. The summed E-state index contributed by atoms with van der Waals surface area (Å²) in [5, 5.41) is 3.99. The van der Waals surface area contributed by atoms with E-state index in [2.05, 4.69) is 5.10 Å². The minimum Gasteiger partial charge on any atom is -0.496 e. The molecule has 0 unspecified atom stereocenters. The molecular weight excluding hydrogens is 242 g/mol. The van der Waals surface area contributed by atoms with Gasteiger partial charge < -0.3 is 10.5 Å². The monoisotopic (exact) mass is 259 g/mol. The summed E-state index contributed by atoms with van der Waals surface area (Å²) in [6.45, 7) is 3.90. The van der Waals surface area contributed by atoms with Gasteiger partial charge in [0.05, 0.1) is 24.4 Å². The lowest BCUT2D eigenvalue weighted by Crippen LogP contribution is -2.08. The molecule has 2 rings (SSSR count). The van der Waals surface area contributed by atoms with Crippen LogP contribution in [0.5, 0.6) is 5.75 Å². The SMILES string of the molecule is COc1c(C(=O)c2cnn(C)c2N)ccc(C)c1C. The molecule has 0 fully saturated rings. The van der Waals surface area contributed by atoms with Gasteiger partial charge >= 0.3 is 0 Å². The van der Waals surface area contributed by atoms with E-state index < -0.39 is 0 Å². The number of carbonyl (C=O) groups excluding carboxylic acids is 1. The summed E-state index contributed by atoms with van der Waals surface area (Å²) >= 11 is 0. The molecule has 2 N–H and O–H groups in total. The van der Waals surface area contributed by atoms with Crippen LogP contribution in [0.15, 0.2) is 18.3 Å². The maximum Gasteiger partial charge on any atom is 0.202 e. The van der Waals surface area contributed by atoms with E-state index in [0.29, 0.717) is 22.7 Å². The van der Waals surface area contributed by atoms with Crippen molar-refractivity contribution in [2.24, 2.45) is 7.05 Å². The van der Waals surface area contributed by atoms with Gasteiger partial charge in [-0.05, 0) is 31.0 Å². The molecule has 1 aromatic heterocycles. The number of aryl methyl sites for hydroxylation is 2. The van der Waals surface area contributed by atoms with Gasteiger partial charge in [-0.25, -0.2) is 0 Å². The van der Waals surface area contributed by atoms with Crippen molar-refractivity contribution in [2.45, 2.75) is 13.8 Å². The zero-order chi connectivity index (χ0) is 14.2. The van der Waals surface area contributed by atoms with Gasteiger partial charge in [0.2, 0.25) is 5.78 Å².